The number of benzene rings is 1. The van der Waals surface area contributed by atoms with Gasteiger partial charge in [-0.05, 0) is 36.2 Å². The van der Waals surface area contributed by atoms with Crippen LogP contribution in [0.15, 0.2) is 35.1 Å². The number of hydrogen-bond acceptors (Lipinski definition) is 4. The lowest BCUT2D eigenvalue weighted by Gasteiger charge is -2.21. The predicted octanol–water partition coefficient (Wildman–Crippen LogP) is 2.51. The molecule has 20 heavy (non-hydrogen) atoms. The van der Waals surface area contributed by atoms with Crippen LogP contribution in [0.25, 0.3) is 0 Å². The number of nitrogens with zero attached hydrogens (tertiary/aromatic N) is 3. The molecule has 3 rings (SSSR count). The minimum Gasteiger partial charge on any atom is -0.356 e. The van der Waals surface area contributed by atoms with Gasteiger partial charge in [-0.15, -0.1) is 0 Å². The van der Waals surface area contributed by atoms with Crippen molar-refractivity contribution in [3.05, 3.63) is 46.2 Å². The van der Waals surface area contributed by atoms with E-state index in [1.165, 1.54) is 0 Å². The predicted molar refractivity (Wildman–Crippen MR) is 80.6 cm³/mol. The lowest BCUT2D eigenvalue weighted by atomic mass is 10.1. The zero-order valence-corrected chi connectivity index (χ0v) is 12.5. The number of rotatable bonds is 1. The summed E-state index contributed by atoms with van der Waals surface area (Å²) in [6.07, 6.45) is 3.31. The summed E-state index contributed by atoms with van der Waals surface area (Å²) in [6, 6.07) is 5.85. The fourth-order valence-corrected chi connectivity index (χ4v) is 2.93. The van der Waals surface area contributed by atoms with Crippen molar-refractivity contribution in [2.45, 2.75) is 13.5 Å². The van der Waals surface area contributed by atoms with Crippen LogP contribution in [0, 0.1) is 6.92 Å². The maximum Gasteiger partial charge on any atom is 0.243 e. The van der Waals surface area contributed by atoms with Crippen LogP contribution < -0.4 is 10.2 Å². The maximum atomic E-state index is 12.0. The van der Waals surface area contributed by atoms with E-state index < -0.39 is 0 Å². The summed E-state index contributed by atoms with van der Waals surface area (Å²) in [6.45, 7) is 3.01. The Morgan fingerprint density at radius 2 is 2.15 bits per heavy atom. The summed E-state index contributed by atoms with van der Waals surface area (Å²) < 4.78 is 0.966. The minimum absolute atomic E-state index is 0.0296. The normalized spacial score (nSPS) is 14.5. The molecule has 1 N–H and O–H groups in total. The molecule has 0 aliphatic carbocycles. The highest BCUT2D eigenvalue weighted by Crippen LogP contribution is 2.30. The number of carbonyl (C=O) groups is 1. The second-order valence-corrected chi connectivity index (χ2v) is 5.67. The Hall–Kier alpha value is -1.95. The molecule has 2 aromatic rings. The first-order valence-corrected chi connectivity index (χ1v) is 7.03. The van der Waals surface area contributed by atoms with Crippen molar-refractivity contribution in [2.75, 3.05) is 16.8 Å². The van der Waals surface area contributed by atoms with E-state index in [4.69, 9.17) is 0 Å². The highest BCUT2D eigenvalue weighted by atomic mass is 79.9. The first kappa shape index (κ1) is 13.1. The number of aromatic nitrogens is 2. The van der Waals surface area contributed by atoms with Crippen molar-refractivity contribution in [3.63, 3.8) is 0 Å². The zero-order valence-electron chi connectivity index (χ0n) is 10.9. The molecule has 6 heteroatoms. The Labute approximate surface area is 125 Å². The van der Waals surface area contributed by atoms with Crippen molar-refractivity contribution in [3.8, 4) is 0 Å². The monoisotopic (exact) mass is 332 g/mol. The third-order valence-corrected chi connectivity index (χ3v) is 3.79. The molecule has 1 amide bonds. The van der Waals surface area contributed by atoms with Crippen molar-refractivity contribution in [1.82, 2.24) is 10.2 Å². The third-order valence-electron chi connectivity index (χ3n) is 3.33. The molecular weight excluding hydrogens is 320 g/mol. The lowest BCUT2D eigenvalue weighted by Crippen LogP contribution is -2.29. The van der Waals surface area contributed by atoms with E-state index in [9.17, 15) is 4.79 Å². The molecule has 1 aromatic heterocycles. The summed E-state index contributed by atoms with van der Waals surface area (Å²) in [5.41, 5.74) is 4.02. The van der Waals surface area contributed by atoms with Gasteiger partial charge in [-0.2, -0.15) is 10.2 Å². The highest BCUT2D eigenvalue weighted by molar-refractivity contribution is 9.10. The van der Waals surface area contributed by atoms with Crippen LogP contribution in [0.1, 0.15) is 11.1 Å². The molecule has 0 bridgehead atoms. The van der Waals surface area contributed by atoms with E-state index in [-0.39, 0.29) is 5.91 Å². The van der Waals surface area contributed by atoms with E-state index >= 15 is 0 Å². The summed E-state index contributed by atoms with van der Waals surface area (Å²) in [5, 5.41) is 10.6. The minimum atomic E-state index is -0.0296. The summed E-state index contributed by atoms with van der Waals surface area (Å²) in [7, 11) is 0. The van der Waals surface area contributed by atoms with Crippen LogP contribution in [-0.4, -0.2) is 22.6 Å². The molecule has 0 saturated heterocycles. The Morgan fingerprint density at radius 1 is 1.30 bits per heavy atom. The molecular formula is C14H13BrN4O. The van der Waals surface area contributed by atoms with Gasteiger partial charge in [-0.1, -0.05) is 15.9 Å². The largest absolute Gasteiger partial charge is 0.356 e. The van der Waals surface area contributed by atoms with Crippen LogP contribution in [0.3, 0.4) is 0 Å². The van der Waals surface area contributed by atoms with Gasteiger partial charge in [-0.25, -0.2) is 0 Å². The third kappa shape index (κ3) is 2.51. The van der Waals surface area contributed by atoms with Crippen molar-refractivity contribution >= 4 is 33.2 Å². The average Bonchev–Trinajstić information content (AvgIpc) is 2.58. The Kier molecular flexibility index (Phi) is 3.40. The summed E-state index contributed by atoms with van der Waals surface area (Å²) in [4.78, 5) is 14.0. The van der Waals surface area contributed by atoms with Crippen LogP contribution >= 0.6 is 15.9 Å². The number of anilines is 2. The van der Waals surface area contributed by atoms with E-state index in [0.29, 0.717) is 13.1 Å². The van der Waals surface area contributed by atoms with Crippen LogP contribution in [-0.2, 0) is 11.3 Å². The van der Waals surface area contributed by atoms with E-state index in [1.54, 1.807) is 12.4 Å². The SMILES string of the molecule is Cc1cc(Br)cc2c1CN(c1ccnnc1)CC(=O)N2. The summed E-state index contributed by atoms with van der Waals surface area (Å²) in [5.74, 6) is -0.0296. The van der Waals surface area contributed by atoms with Gasteiger partial charge in [0.1, 0.15) is 0 Å². The second kappa shape index (κ2) is 5.20. The van der Waals surface area contributed by atoms with Gasteiger partial charge in [0.05, 0.1) is 24.6 Å². The maximum absolute atomic E-state index is 12.0. The Morgan fingerprint density at radius 3 is 2.90 bits per heavy atom. The van der Waals surface area contributed by atoms with Gasteiger partial charge in [-0.3, -0.25) is 4.79 Å². The second-order valence-electron chi connectivity index (χ2n) is 4.75. The van der Waals surface area contributed by atoms with Gasteiger partial charge in [0, 0.05) is 16.7 Å². The molecule has 2 heterocycles. The molecule has 0 spiro atoms. The first-order chi connectivity index (χ1) is 9.63. The molecule has 102 valence electrons. The van der Waals surface area contributed by atoms with Crippen LogP contribution in [0.4, 0.5) is 11.4 Å². The highest BCUT2D eigenvalue weighted by Gasteiger charge is 2.21. The van der Waals surface area contributed by atoms with Crippen molar-refractivity contribution in [2.24, 2.45) is 0 Å². The number of fused-ring (bicyclic) bond motifs is 1. The van der Waals surface area contributed by atoms with Gasteiger partial charge < -0.3 is 10.2 Å². The quantitative estimate of drug-likeness (QED) is 0.871. The molecule has 0 unspecified atom stereocenters. The van der Waals surface area contributed by atoms with Gasteiger partial charge in [0.2, 0.25) is 5.91 Å². The van der Waals surface area contributed by atoms with Gasteiger partial charge in [0.25, 0.3) is 0 Å². The fraction of sp³-hybridized carbons (Fsp3) is 0.214. The molecule has 0 atom stereocenters. The van der Waals surface area contributed by atoms with E-state index in [0.717, 1.165) is 27.0 Å². The lowest BCUT2D eigenvalue weighted by molar-refractivity contribution is -0.114. The Bertz CT molecular complexity index is 660. The van der Waals surface area contributed by atoms with E-state index in [2.05, 4.69) is 37.5 Å². The van der Waals surface area contributed by atoms with Crippen molar-refractivity contribution in [1.29, 1.82) is 0 Å². The van der Waals surface area contributed by atoms with Crippen LogP contribution in [0.5, 0.6) is 0 Å². The zero-order chi connectivity index (χ0) is 14.1. The molecule has 0 saturated carbocycles. The average molecular weight is 333 g/mol. The van der Waals surface area contributed by atoms with Crippen molar-refractivity contribution < 1.29 is 4.79 Å². The fourth-order valence-electron chi connectivity index (χ4n) is 2.36. The molecule has 0 fully saturated rings. The molecule has 0 radical (unpaired) electrons. The van der Waals surface area contributed by atoms with Gasteiger partial charge >= 0.3 is 0 Å². The number of carbonyl (C=O) groups excluding carboxylic acids is 1. The number of halogens is 1. The summed E-state index contributed by atoms with van der Waals surface area (Å²) >= 11 is 3.46. The number of hydrogen-bond donors (Lipinski definition) is 1. The molecule has 1 aliphatic heterocycles. The number of aryl methyl sites for hydroxylation is 1. The molecule has 1 aliphatic rings. The molecule has 1 aromatic carbocycles. The van der Waals surface area contributed by atoms with Crippen LogP contribution in [0.2, 0.25) is 0 Å². The standard InChI is InChI=1S/C14H13BrN4O/c1-9-4-10(15)5-13-12(9)7-19(8-14(20)18-13)11-2-3-16-17-6-11/h2-6H,7-8H2,1H3,(H,18,20). The number of nitrogens with one attached hydrogen (secondary N) is 1. The number of amides is 1. The topological polar surface area (TPSA) is 58.1 Å². The van der Waals surface area contributed by atoms with E-state index in [1.807, 2.05) is 24.0 Å². The Balaban J connectivity index is 2.04. The van der Waals surface area contributed by atoms with Gasteiger partial charge in [0.15, 0.2) is 0 Å². The smallest absolute Gasteiger partial charge is 0.243 e. The molecule has 5 nitrogen and oxygen atoms in total. The first-order valence-electron chi connectivity index (χ1n) is 6.24.